The Morgan fingerprint density at radius 2 is 2.25 bits per heavy atom. The van der Waals surface area contributed by atoms with E-state index in [0.29, 0.717) is 5.69 Å². The molecule has 4 nitrogen and oxygen atoms in total. The standard InChI is InChI=1S/C11H9N3OS/c12-5-9(15)7-6-14-8-3-1-2-4-10(8)16-11(14)13-7/h1-4,6H,5,12H2. The zero-order chi connectivity index (χ0) is 11.1. The Morgan fingerprint density at radius 3 is 3.06 bits per heavy atom. The summed E-state index contributed by atoms with van der Waals surface area (Å²) in [6.45, 7) is 0.00274. The second-order valence-electron chi connectivity index (χ2n) is 3.48. The first-order valence-electron chi connectivity index (χ1n) is 4.89. The van der Waals surface area contributed by atoms with E-state index < -0.39 is 0 Å². The van der Waals surface area contributed by atoms with Gasteiger partial charge in [-0.05, 0) is 12.1 Å². The van der Waals surface area contributed by atoms with Crippen molar-refractivity contribution in [3.63, 3.8) is 0 Å². The summed E-state index contributed by atoms with van der Waals surface area (Å²) in [5.41, 5.74) is 6.83. The molecule has 0 aliphatic rings. The number of fused-ring (bicyclic) bond motifs is 3. The minimum Gasteiger partial charge on any atom is -0.324 e. The Balaban J connectivity index is 2.30. The van der Waals surface area contributed by atoms with Gasteiger partial charge in [0, 0.05) is 6.20 Å². The van der Waals surface area contributed by atoms with Gasteiger partial charge >= 0.3 is 0 Å². The molecular weight excluding hydrogens is 222 g/mol. The highest BCUT2D eigenvalue weighted by molar-refractivity contribution is 7.23. The van der Waals surface area contributed by atoms with Crippen molar-refractivity contribution in [2.24, 2.45) is 5.73 Å². The molecule has 3 aromatic rings. The van der Waals surface area contributed by atoms with Crippen molar-refractivity contribution in [2.75, 3.05) is 6.54 Å². The van der Waals surface area contributed by atoms with Gasteiger partial charge in [0.1, 0.15) is 5.69 Å². The molecule has 16 heavy (non-hydrogen) atoms. The number of aromatic nitrogens is 2. The number of imidazole rings is 1. The largest absolute Gasteiger partial charge is 0.324 e. The first-order valence-corrected chi connectivity index (χ1v) is 5.71. The third kappa shape index (κ3) is 1.26. The highest BCUT2D eigenvalue weighted by atomic mass is 32.1. The quantitative estimate of drug-likeness (QED) is 0.683. The molecule has 3 rings (SSSR count). The van der Waals surface area contributed by atoms with Crippen LogP contribution in [-0.4, -0.2) is 21.7 Å². The summed E-state index contributed by atoms with van der Waals surface area (Å²) in [6, 6.07) is 8.01. The van der Waals surface area contributed by atoms with Crippen LogP contribution in [-0.2, 0) is 0 Å². The highest BCUT2D eigenvalue weighted by Crippen LogP contribution is 2.25. The Morgan fingerprint density at radius 1 is 1.44 bits per heavy atom. The molecule has 0 saturated heterocycles. The number of rotatable bonds is 2. The first-order chi connectivity index (χ1) is 7.79. The SMILES string of the molecule is NCC(=O)c1cn2c(n1)sc1ccccc12. The molecule has 5 heteroatoms. The number of thiazole rings is 1. The smallest absolute Gasteiger partial charge is 0.196 e. The third-order valence-electron chi connectivity index (χ3n) is 2.47. The predicted molar refractivity (Wildman–Crippen MR) is 64.0 cm³/mol. The van der Waals surface area contributed by atoms with Crippen molar-refractivity contribution in [2.45, 2.75) is 0 Å². The van der Waals surface area contributed by atoms with Crippen molar-refractivity contribution < 1.29 is 4.79 Å². The molecule has 2 heterocycles. The maximum Gasteiger partial charge on any atom is 0.196 e. The van der Waals surface area contributed by atoms with Crippen LogP contribution in [0.1, 0.15) is 10.5 Å². The summed E-state index contributed by atoms with van der Waals surface area (Å²) >= 11 is 1.57. The van der Waals surface area contributed by atoms with Gasteiger partial charge in [-0.1, -0.05) is 23.5 Å². The second-order valence-corrected chi connectivity index (χ2v) is 4.48. The molecule has 0 radical (unpaired) electrons. The summed E-state index contributed by atoms with van der Waals surface area (Å²) in [4.78, 5) is 16.5. The number of nitrogens with zero attached hydrogens (tertiary/aromatic N) is 2. The van der Waals surface area contributed by atoms with Crippen molar-refractivity contribution in [3.05, 3.63) is 36.2 Å². The van der Waals surface area contributed by atoms with Crippen LogP contribution in [0.5, 0.6) is 0 Å². The molecule has 80 valence electrons. The van der Waals surface area contributed by atoms with Crippen molar-refractivity contribution in [1.82, 2.24) is 9.38 Å². The van der Waals surface area contributed by atoms with Gasteiger partial charge in [0.05, 0.1) is 16.8 Å². The van der Waals surface area contributed by atoms with E-state index in [4.69, 9.17) is 5.73 Å². The number of Topliss-reactive ketones (excluding diaryl/α,β-unsaturated/α-hetero) is 1. The molecule has 0 amide bonds. The zero-order valence-electron chi connectivity index (χ0n) is 8.38. The van der Waals surface area contributed by atoms with Gasteiger partial charge in [0.2, 0.25) is 0 Å². The van der Waals surface area contributed by atoms with Crippen LogP contribution in [0.15, 0.2) is 30.5 Å². The summed E-state index contributed by atoms with van der Waals surface area (Å²) < 4.78 is 3.10. The summed E-state index contributed by atoms with van der Waals surface area (Å²) in [5.74, 6) is -0.125. The van der Waals surface area contributed by atoms with Crippen LogP contribution in [0.25, 0.3) is 15.2 Å². The van der Waals surface area contributed by atoms with Gasteiger partial charge in [0.25, 0.3) is 0 Å². The van der Waals surface area contributed by atoms with Crippen LogP contribution >= 0.6 is 11.3 Å². The van der Waals surface area contributed by atoms with Crippen LogP contribution in [0.3, 0.4) is 0 Å². The lowest BCUT2D eigenvalue weighted by atomic mass is 10.3. The lowest BCUT2D eigenvalue weighted by Gasteiger charge is -1.90. The molecule has 0 aliphatic carbocycles. The number of carbonyl (C=O) groups excluding carboxylic acids is 1. The highest BCUT2D eigenvalue weighted by Gasteiger charge is 2.12. The lowest BCUT2D eigenvalue weighted by Crippen LogP contribution is -2.13. The number of benzene rings is 1. The van der Waals surface area contributed by atoms with Crippen LogP contribution in [0, 0.1) is 0 Å². The number of ketones is 1. The van der Waals surface area contributed by atoms with E-state index in [0.717, 1.165) is 15.2 Å². The maximum absolute atomic E-state index is 11.4. The maximum atomic E-state index is 11.4. The minimum absolute atomic E-state index is 0.00274. The van der Waals surface area contributed by atoms with E-state index >= 15 is 0 Å². The fourth-order valence-electron chi connectivity index (χ4n) is 1.69. The first kappa shape index (κ1) is 9.50. The Bertz CT molecular complexity index is 683. The second kappa shape index (κ2) is 3.40. The van der Waals surface area contributed by atoms with E-state index in [1.807, 2.05) is 28.7 Å². The Hall–Kier alpha value is -1.72. The van der Waals surface area contributed by atoms with Gasteiger partial charge in [0.15, 0.2) is 10.7 Å². The fraction of sp³-hybridized carbons (Fsp3) is 0.0909. The summed E-state index contributed by atoms with van der Waals surface area (Å²) in [6.07, 6.45) is 1.75. The van der Waals surface area contributed by atoms with Gasteiger partial charge < -0.3 is 5.73 Å². The third-order valence-corrected chi connectivity index (χ3v) is 3.51. The Labute approximate surface area is 95.3 Å². The molecule has 0 bridgehead atoms. The predicted octanol–water partition coefficient (Wildman–Crippen LogP) is 1.69. The molecule has 0 fully saturated rings. The van der Waals surface area contributed by atoms with Gasteiger partial charge in [-0.2, -0.15) is 0 Å². The van der Waals surface area contributed by atoms with Gasteiger partial charge in [-0.15, -0.1) is 0 Å². The van der Waals surface area contributed by atoms with E-state index in [9.17, 15) is 4.79 Å². The van der Waals surface area contributed by atoms with E-state index in [-0.39, 0.29) is 12.3 Å². The number of hydrogen-bond donors (Lipinski definition) is 1. The fourth-order valence-corrected chi connectivity index (χ4v) is 2.70. The minimum atomic E-state index is -0.125. The monoisotopic (exact) mass is 231 g/mol. The number of nitrogens with two attached hydrogens (primary N) is 1. The lowest BCUT2D eigenvalue weighted by molar-refractivity contribution is 0.0997. The molecule has 0 spiro atoms. The molecule has 2 aromatic heterocycles. The average Bonchev–Trinajstić information content (AvgIpc) is 2.85. The van der Waals surface area contributed by atoms with E-state index in [2.05, 4.69) is 4.98 Å². The molecule has 2 N–H and O–H groups in total. The number of para-hydroxylation sites is 1. The van der Waals surface area contributed by atoms with Crippen molar-refractivity contribution in [1.29, 1.82) is 0 Å². The number of carbonyl (C=O) groups is 1. The van der Waals surface area contributed by atoms with Crippen LogP contribution in [0.4, 0.5) is 0 Å². The molecular formula is C11H9N3OS. The van der Waals surface area contributed by atoms with Crippen LogP contribution in [0.2, 0.25) is 0 Å². The van der Waals surface area contributed by atoms with Gasteiger partial charge in [-0.3, -0.25) is 9.20 Å². The molecule has 0 unspecified atom stereocenters. The normalized spacial score (nSPS) is 11.3. The van der Waals surface area contributed by atoms with Crippen molar-refractivity contribution >= 4 is 32.3 Å². The Kier molecular flexibility index (Phi) is 2.02. The topological polar surface area (TPSA) is 60.4 Å². The van der Waals surface area contributed by atoms with Crippen molar-refractivity contribution in [3.8, 4) is 0 Å². The number of hydrogen-bond acceptors (Lipinski definition) is 4. The molecule has 1 aromatic carbocycles. The molecule has 0 aliphatic heterocycles. The zero-order valence-corrected chi connectivity index (χ0v) is 9.20. The molecule has 0 atom stereocenters. The van der Waals surface area contributed by atoms with Gasteiger partial charge in [-0.25, -0.2) is 4.98 Å². The van der Waals surface area contributed by atoms with E-state index in [1.165, 1.54) is 0 Å². The summed E-state index contributed by atoms with van der Waals surface area (Å²) in [7, 11) is 0. The molecule has 0 saturated carbocycles. The van der Waals surface area contributed by atoms with E-state index in [1.54, 1.807) is 17.5 Å². The summed E-state index contributed by atoms with van der Waals surface area (Å²) in [5, 5.41) is 0. The average molecular weight is 231 g/mol. The van der Waals surface area contributed by atoms with Crippen LogP contribution < -0.4 is 5.73 Å².